The summed E-state index contributed by atoms with van der Waals surface area (Å²) in [7, 11) is 0. The Balaban J connectivity index is 2.77. The third kappa shape index (κ3) is 1.31. The van der Waals surface area contributed by atoms with Crippen molar-refractivity contribution in [2.45, 2.75) is 26.7 Å². The number of hydrogen-bond acceptors (Lipinski definition) is 0. The fourth-order valence-electron chi connectivity index (χ4n) is 1.34. The summed E-state index contributed by atoms with van der Waals surface area (Å²) in [5.41, 5.74) is 2.78. The molecule has 0 saturated heterocycles. The maximum Gasteiger partial charge on any atom is 0.0117 e. The summed E-state index contributed by atoms with van der Waals surface area (Å²) in [6.45, 7) is 8.11. The average Bonchev–Trinajstić information content (AvgIpc) is 1.95. The van der Waals surface area contributed by atoms with Gasteiger partial charge < -0.3 is 0 Å². The van der Waals surface area contributed by atoms with Crippen molar-refractivity contribution in [1.29, 1.82) is 0 Å². The fourth-order valence-corrected chi connectivity index (χ4v) is 1.34. The van der Waals surface area contributed by atoms with Gasteiger partial charge in [-0.25, -0.2) is 0 Å². The third-order valence-corrected chi connectivity index (χ3v) is 2.28. The zero-order chi connectivity index (χ0) is 7.56. The van der Waals surface area contributed by atoms with Crippen molar-refractivity contribution in [2.75, 3.05) is 0 Å². The molecule has 0 bridgehead atoms. The summed E-state index contributed by atoms with van der Waals surface area (Å²) < 4.78 is 0. The molecule has 0 nitrogen and oxygen atoms in total. The van der Waals surface area contributed by atoms with Crippen molar-refractivity contribution in [3.8, 4) is 0 Å². The summed E-state index contributed by atoms with van der Waals surface area (Å²) in [5, 5.41) is 0. The minimum Gasteiger partial charge on any atom is -0.102 e. The lowest BCUT2D eigenvalue weighted by molar-refractivity contribution is 0.635. The van der Waals surface area contributed by atoms with E-state index in [1.54, 1.807) is 0 Å². The standard InChI is InChI=1S/C10H14/c1-4-10-7-5-6-8(2)9(10)3/h4,10H,1,5,7H2,2-3H3. The Morgan fingerprint density at radius 3 is 2.80 bits per heavy atom. The van der Waals surface area contributed by atoms with Crippen LogP contribution >= 0.6 is 0 Å². The van der Waals surface area contributed by atoms with Crippen LogP contribution in [0, 0.1) is 12.3 Å². The van der Waals surface area contributed by atoms with Gasteiger partial charge >= 0.3 is 0 Å². The molecule has 2 radical (unpaired) electrons. The molecule has 0 heterocycles. The van der Waals surface area contributed by atoms with Crippen LogP contribution in [0.25, 0.3) is 0 Å². The normalized spacial score (nSPS) is 26.8. The van der Waals surface area contributed by atoms with Gasteiger partial charge in [-0.2, -0.15) is 0 Å². The molecule has 1 atom stereocenters. The first-order chi connectivity index (χ1) is 4.75. The molecule has 1 aliphatic carbocycles. The summed E-state index contributed by atoms with van der Waals surface area (Å²) >= 11 is 0. The summed E-state index contributed by atoms with van der Waals surface area (Å²) in [6, 6.07) is 0. The van der Waals surface area contributed by atoms with Crippen molar-refractivity contribution in [1.82, 2.24) is 0 Å². The molecular weight excluding hydrogens is 120 g/mol. The Labute approximate surface area is 63.6 Å². The molecule has 54 valence electrons. The van der Waals surface area contributed by atoms with Crippen LogP contribution in [-0.4, -0.2) is 0 Å². The zero-order valence-corrected chi connectivity index (χ0v) is 6.78. The van der Waals surface area contributed by atoms with E-state index in [1.165, 1.54) is 17.6 Å². The second-order valence-corrected chi connectivity index (χ2v) is 2.87. The highest BCUT2D eigenvalue weighted by Gasteiger charge is 2.14. The molecule has 0 amide bonds. The monoisotopic (exact) mass is 134 g/mol. The van der Waals surface area contributed by atoms with Gasteiger partial charge in [-0.1, -0.05) is 17.2 Å². The molecule has 0 N–H and O–H groups in total. The molecule has 0 aliphatic heterocycles. The Hall–Kier alpha value is -0.520. The average molecular weight is 134 g/mol. The topological polar surface area (TPSA) is 0 Å². The SMILES string of the molecule is C=CC1CC[C]C(C)=C1C. The first-order valence-corrected chi connectivity index (χ1v) is 3.79. The molecule has 0 aromatic rings. The lowest BCUT2D eigenvalue weighted by atomic mass is 9.84. The van der Waals surface area contributed by atoms with Crippen molar-refractivity contribution in [2.24, 2.45) is 5.92 Å². The van der Waals surface area contributed by atoms with E-state index in [1.807, 2.05) is 6.08 Å². The molecule has 1 rings (SSSR count). The first-order valence-electron chi connectivity index (χ1n) is 3.79. The maximum atomic E-state index is 3.81. The quantitative estimate of drug-likeness (QED) is 0.483. The van der Waals surface area contributed by atoms with Gasteiger partial charge in [-0.05, 0) is 32.6 Å². The zero-order valence-electron chi connectivity index (χ0n) is 6.78. The van der Waals surface area contributed by atoms with E-state index in [-0.39, 0.29) is 0 Å². The van der Waals surface area contributed by atoms with Crippen LogP contribution < -0.4 is 0 Å². The summed E-state index contributed by atoms with van der Waals surface area (Å²) in [6.07, 6.45) is 7.67. The Kier molecular flexibility index (Phi) is 2.31. The fraction of sp³-hybridized carbons (Fsp3) is 0.500. The molecular formula is C10H14. The van der Waals surface area contributed by atoms with Gasteiger partial charge in [-0.15, -0.1) is 6.58 Å². The van der Waals surface area contributed by atoms with E-state index in [2.05, 4.69) is 26.8 Å². The van der Waals surface area contributed by atoms with Gasteiger partial charge in [0.05, 0.1) is 0 Å². The third-order valence-electron chi connectivity index (χ3n) is 2.28. The van der Waals surface area contributed by atoms with Gasteiger partial charge in [-0.3, -0.25) is 0 Å². The van der Waals surface area contributed by atoms with Crippen molar-refractivity contribution in [3.05, 3.63) is 30.2 Å². The lowest BCUT2D eigenvalue weighted by Gasteiger charge is -2.21. The van der Waals surface area contributed by atoms with E-state index in [9.17, 15) is 0 Å². The van der Waals surface area contributed by atoms with Crippen LogP contribution in [0.3, 0.4) is 0 Å². The smallest absolute Gasteiger partial charge is 0.0117 e. The van der Waals surface area contributed by atoms with Gasteiger partial charge in [0, 0.05) is 6.42 Å². The molecule has 0 aromatic heterocycles. The van der Waals surface area contributed by atoms with Gasteiger partial charge in [0.2, 0.25) is 0 Å². The Bertz CT molecular complexity index is 163. The van der Waals surface area contributed by atoms with Crippen LogP contribution in [0.2, 0.25) is 0 Å². The predicted octanol–water partition coefficient (Wildman–Crippen LogP) is 3.00. The van der Waals surface area contributed by atoms with Crippen molar-refractivity contribution in [3.63, 3.8) is 0 Å². The lowest BCUT2D eigenvalue weighted by Crippen LogP contribution is -2.06. The van der Waals surface area contributed by atoms with Gasteiger partial charge in [0.15, 0.2) is 0 Å². The van der Waals surface area contributed by atoms with E-state index in [0.717, 1.165) is 6.42 Å². The molecule has 10 heavy (non-hydrogen) atoms. The minimum absolute atomic E-state index is 0.612. The predicted molar refractivity (Wildman–Crippen MR) is 44.5 cm³/mol. The molecule has 0 heteroatoms. The van der Waals surface area contributed by atoms with Crippen molar-refractivity contribution >= 4 is 0 Å². The van der Waals surface area contributed by atoms with E-state index < -0.39 is 0 Å². The maximum absolute atomic E-state index is 3.81. The molecule has 0 aromatic carbocycles. The Morgan fingerprint density at radius 2 is 2.30 bits per heavy atom. The Morgan fingerprint density at radius 1 is 1.60 bits per heavy atom. The number of rotatable bonds is 1. The van der Waals surface area contributed by atoms with Crippen LogP contribution in [0.15, 0.2) is 23.8 Å². The molecule has 1 aliphatic rings. The highest BCUT2D eigenvalue weighted by atomic mass is 14.2. The summed E-state index contributed by atoms with van der Waals surface area (Å²) in [4.78, 5) is 0. The molecule has 0 saturated carbocycles. The van der Waals surface area contributed by atoms with Crippen LogP contribution in [-0.2, 0) is 0 Å². The van der Waals surface area contributed by atoms with E-state index >= 15 is 0 Å². The summed E-state index contributed by atoms with van der Waals surface area (Å²) in [5.74, 6) is 0.612. The van der Waals surface area contributed by atoms with E-state index in [4.69, 9.17) is 0 Å². The highest BCUT2D eigenvalue weighted by Crippen LogP contribution is 2.29. The second kappa shape index (κ2) is 3.05. The van der Waals surface area contributed by atoms with Crippen molar-refractivity contribution < 1.29 is 0 Å². The van der Waals surface area contributed by atoms with Crippen LogP contribution in [0.5, 0.6) is 0 Å². The highest BCUT2D eigenvalue weighted by molar-refractivity contribution is 5.26. The number of hydrogen-bond donors (Lipinski definition) is 0. The largest absolute Gasteiger partial charge is 0.102 e. The van der Waals surface area contributed by atoms with Crippen LogP contribution in [0.1, 0.15) is 26.7 Å². The minimum atomic E-state index is 0.612. The van der Waals surface area contributed by atoms with Gasteiger partial charge in [0.1, 0.15) is 0 Å². The van der Waals surface area contributed by atoms with Crippen LogP contribution in [0.4, 0.5) is 0 Å². The number of allylic oxidation sites excluding steroid dienone is 3. The second-order valence-electron chi connectivity index (χ2n) is 2.87. The van der Waals surface area contributed by atoms with E-state index in [0.29, 0.717) is 5.92 Å². The molecule has 1 unspecified atom stereocenters. The first kappa shape index (κ1) is 7.59. The molecule has 0 spiro atoms. The molecule has 0 fully saturated rings. The van der Waals surface area contributed by atoms with Gasteiger partial charge in [0.25, 0.3) is 0 Å².